The number of benzene rings is 1. The van der Waals surface area contributed by atoms with Crippen molar-refractivity contribution >= 4 is 17.7 Å². The van der Waals surface area contributed by atoms with Gasteiger partial charge in [-0.05, 0) is 25.0 Å². The summed E-state index contributed by atoms with van der Waals surface area (Å²) >= 11 is 1.05. The monoisotopic (exact) mass is 287 g/mol. The van der Waals surface area contributed by atoms with Crippen LogP contribution in [0.4, 0.5) is 8.78 Å². The van der Waals surface area contributed by atoms with Crippen molar-refractivity contribution in [3.05, 3.63) is 29.8 Å². The molecule has 1 saturated heterocycles. The highest BCUT2D eigenvalue weighted by atomic mass is 32.2. The molecule has 1 atom stereocenters. The first-order chi connectivity index (χ1) is 9.15. The standard InChI is InChI=1S/C13H15F2NO2S/c14-9-3-4-12(11(15)6-9)19-8-13(17)16-7-10-2-1-5-18-10/h3-4,6,10H,1-2,5,7-8H2,(H,16,17)/t10-/m1/s1. The van der Waals surface area contributed by atoms with Crippen molar-refractivity contribution < 1.29 is 18.3 Å². The highest BCUT2D eigenvalue weighted by Crippen LogP contribution is 2.22. The van der Waals surface area contributed by atoms with Gasteiger partial charge in [-0.15, -0.1) is 11.8 Å². The maximum atomic E-state index is 13.3. The first-order valence-electron chi connectivity index (χ1n) is 6.11. The van der Waals surface area contributed by atoms with Crippen molar-refractivity contribution in [2.75, 3.05) is 18.9 Å². The zero-order valence-electron chi connectivity index (χ0n) is 10.3. The molecular weight excluding hydrogens is 272 g/mol. The minimum Gasteiger partial charge on any atom is -0.376 e. The lowest BCUT2D eigenvalue weighted by molar-refractivity contribution is -0.119. The third-order valence-electron chi connectivity index (χ3n) is 2.80. The number of carbonyl (C=O) groups excluding carboxylic acids is 1. The maximum absolute atomic E-state index is 13.3. The molecule has 1 aliphatic heterocycles. The van der Waals surface area contributed by atoms with Crippen LogP contribution in [0.2, 0.25) is 0 Å². The van der Waals surface area contributed by atoms with E-state index in [1.54, 1.807) is 0 Å². The SMILES string of the molecule is O=C(CSc1ccc(F)cc1F)NC[C@H]1CCCO1. The zero-order chi connectivity index (χ0) is 13.7. The maximum Gasteiger partial charge on any atom is 0.230 e. The Balaban J connectivity index is 1.73. The molecule has 0 radical (unpaired) electrons. The molecule has 104 valence electrons. The van der Waals surface area contributed by atoms with Crippen LogP contribution in [0.15, 0.2) is 23.1 Å². The van der Waals surface area contributed by atoms with Crippen molar-refractivity contribution in [1.82, 2.24) is 5.32 Å². The lowest BCUT2D eigenvalue weighted by Crippen LogP contribution is -2.32. The normalized spacial score (nSPS) is 18.5. The van der Waals surface area contributed by atoms with Crippen LogP contribution < -0.4 is 5.32 Å². The first kappa shape index (κ1) is 14.3. The molecule has 0 unspecified atom stereocenters. The third-order valence-corrected chi connectivity index (χ3v) is 3.85. The van der Waals surface area contributed by atoms with Crippen molar-refractivity contribution in [1.29, 1.82) is 0 Å². The summed E-state index contributed by atoms with van der Waals surface area (Å²) in [5.41, 5.74) is 0. The molecule has 1 heterocycles. The van der Waals surface area contributed by atoms with Crippen LogP contribution in [0.5, 0.6) is 0 Å². The van der Waals surface area contributed by atoms with Gasteiger partial charge >= 0.3 is 0 Å². The largest absolute Gasteiger partial charge is 0.376 e. The fourth-order valence-electron chi connectivity index (χ4n) is 1.82. The summed E-state index contributed by atoms with van der Waals surface area (Å²) in [7, 11) is 0. The van der Waals surface area contributed by atoms with E-state index in [1.807, 2.05) is 0 Å². The zero-order valence-corrected chi connectivity index (χ0v) is 11.1. The number of hydrogen-bond acceptors (Lipinski definition) is 3. The second-order valence-electron chi connectivity index (χ2n) is 4.30. The van der Waals surface area contributed by atoms with Gasteiger partial charge in [-0.3, -0.25) is 4.79 Å². The smallest absolute Gasteiger partial charge is 0.230 e. The third kappa shape index (κ3) is 4.47. The molecule has 1 fully saturated rings. The number of carbonyl (C=O) groups is 1. The number of rotatable bonds is 5. The van der Waals surface area contributed by atoms with E-state index in [0.717, 1.165) is 37.3 Å². The van der Waals surface area contributed by atoms with Crippen molar-refractivity contribution in [2.24, 2.45) is 0 Å². The molecule has 2 rings (SSSR count). The van der Waals surface area contributed by atoms with Crippen molar-refractivity contribution in [3.8, 4) is 0 Å². The van der Waals surface area contributed by atoms with E-state index in [4.69, 9.17) is 4.74 Å². The molecule has 1 aromatic rings. The topological polar surface area (TPSA) is 38.3 Å². The second kappa shape index (κ2) is 6.86. The number of ether oxygens (including phenoxy) is 1. The Morgan fingerprint density at radius 2 is 2.32 bits per heavy atom. The molecule has 0 spiro atoms. The Labute approximate surface area is 114 Å². The van der Waals surface area contributed by atoms with Crippen LogP contribution in [-0.2, 0) is 9.53 Å². The van der Waals surface area contributed by atoms with E-state index < -0.39 is 11.6 Å². The number of halogens is 2. The lowest BCUT2D eigenvalue weighted by Gasteiger charge is -2.10. The van der Waals surface area contributed by atoms with Gasteiger partial charge in [0.25, 0.3) is 0 Å². The number of hydrogen-bond donors (Lipinski definition) is 1. The van der Waals surface area contributed by atoms with Crippen LogP contribution in [0.1, 0.15) is 12.8 Å². The molecular formula is C13H15F2NO2S. The first-order valence-corrected chi connectivity index (χ1v) is 7.10. The van der Waals surface area contributed by atoms with Crippen molar-refractivity contribution in [2.45, 2.75) is 23.8 Å². The molecule has 1 aromatic carbocycles. The molecule has 1 aliphatic rings. The van der Waals surface area contributed by atoms with Crippen molar-refractivity contribution in [3.63, 3.8) is 0 Å². The summed E-state index contributed by atoms with van der Waals surface area (Å²) in [6, 6.07) is 3.32. The Hall–Kier alpha value is -1.14. The quantitative estimate of drug-likeness (QED) is 0.845. The fraction of sp³-hybridized carbons (Fsp3) is 0.462. The molecule has 0 aliphatic carbocycles. The molecule has 0 saturated carbocycles. The van der Waals surface area contributed by atoms with Crippen LogP contribution >= 0.6 is 11.8 Å². The molecule has 6 heteroatoms. The lowest BCUT2D eigenvalue weighted by atomic mass is 10.2. The van der Waals surface area contributed by atoms with Gasteiger partial charge in [0.2, 0.25) is 5.91 Å². The molecule has 19 heavy (non-hydrogen) atoms. The van der Waals surface area contributed by atoms with E-state index in [1.165, 1.54) is 12.1 Å². The number of amides is 1. The van der Waals surface area contributed by atoms with E-state index >= 15 is 0 Å². The van der Waals surface area contributed by atoms with E-state index in [2.05, 4.69) is 5.32 Å². The van der Waals surface area contributed by atoms with E-state index in [9.17, 15) is 13.6 Å². The average molecular weight is 287 g/mol. The van der Waals surface area contributed by atoms with Gasteiger partial charge < -0.3 is 10.1 Å². The van der Waals surface area contributed by atoms with Crippen LogP contribution in [-0.4, -0.2) is 30.9 Å². The van der Waals surface area contributed by atoms with Gasteiger partial charge in [0.15, 0.2) is 0 Å². The van der Waals surface area contributed by atoms with Gasteiger partial charge in [0.05, 0.1) is 11.9 Å². The van der Waals surface area contributed by atoms with Crippen LogP contribution in [0.3, 0.4) is 0 Å². The summed E-state index contributed by atoms with van der Waals surface area (Å²) in [5.74, 6) is -1.33. The second-order valence-corrected chi connectivity index (χ2v) is 5.32. The van der Waals surface area contributed by atoms with Gasteiger partial charge in [0, 0.05) is 24.1 Å². The van der Waals surface area contributed by atoms with Crippen LogP contribution in [0, 0.1) is 11.6 Å². The number of thioether (sulfide) groups is 1. The Bertz CT molecular complexity index is 450. The van der Waals surface area contributed by atoms with Gasteiger partial charge in [-0.2, -0.15) is 0 Å². The minimum atomic E-state index is -0.642. The summed E-state index contributed by atoms with van der Waals surface area (Å²) in [4.78, 5) is 11.8. The predicted molar refractivity (Wildman–Crippen MR) is 69.1 cm³/mol. The fourth-order valence-corrected chi connectivity index (χ4v) is 2.57. The van der Waals surface area contributed by atoms with E-state index in [0.29, 0.717) is 6.54 Å². The van der Waals surface area contributed by atoms with Gasteiger partial charge in [0.1, 0.15) is 11.6 Å². The number of nitrogens with one attached hydrogen (secondary N) is 1. The summed E-state index contributed by atoms with van der Waals surface area (Å²) in [6.07, 6.45) is 2.08. The average Bonchev–Trinajstić information content (AvgIpc) is 2.88. The Morgan fingerprint density at radius 3 is 3.00 bits per heavy atom. The van der Waals surface area contributed by atoms with Gasteiger partial charge in [-0.25, -0.2) is 8.78 Å². The molecule has 1 N–H and O–H groups in total. The summed E-state index contributed by atoms with van der Waals surface area (Å²) in [6.45, 7) is 1.24. The van der Waals surface area contributed by atoms with Crippen LogP contribution in [0.25, 0.3) is 0 Å². The highest BCUT2D eigenvalue weighted by molar-refractivity contribution is 8.00. The minimum absolute atomic E-state index is 0.0940. The molecule has 1 amide bonds. The predicted octanol–water partition coefficient (Wildman–Crippen LogP) is 2.35. The van der Waals surface area contributed by atoms with E-state index in [-0.39, 0.29) is 22.7 Å². The molecule has 0 aromatic heterocycles. The summed E-state index contributed by atoms with van der Waals surface area (Å²) < 4.78 is 31.4. The highest BCUT2D eigenvalue weighted by Gasteiger charge is 2.16. The Morgan fingerprint density at radius 1 is 1.47 bits per heavy atom. The molecule has 3 nitrogen and oxygen atoms in total. The molecule has 0 bridgehead atoms. The summed E-state index contributed by atoms with van der Waals surface area (Å²) in [5, 5.41) is 2.74. The Kier molecular flexibility index (Phi) is 5.15. The van der Waals surface area contributed by atoms with Gasteiger partial charge in [-0.1, -0.05) is 0 Å².